The molecule has 2 fully saturated rings. The molecule has 2 saturated heterocycles. The molecule has 4 heteroatoms. The Morgan fingerprint density at radius 1 is 1.26 bits per heavy atom. The lowest BCUT2D eigenvalue weighted by Gasteiger charge is -2.41. The summed E-state index contributed by atoms with van der Waals surface area (Å²) in [6.07, 6.45) is 4.30. The Hall–Kier alpha value is -0.160. The number of aliphatic hydroxyl groups is 1. The van der Waals surface area contributed by atoms with Crippen LogP contribution in [-0.4, -0.2) is 59.5 Å². The van der Waals surface area contributed by atoms with Crippen molar-refractivity contribution in [3.63, 3.8) is 0 Å². The number of morpholine rings is 1. The van der Waals surface area contributed by atoms with Gasteiger partial charge in [-0.25, -0.2) is 0 Å². The van der Waals surface area contributed by atoms with E-state index in [1.54, 1.807) is 0 Å². The summed E-state index contributed by atoms with van der Waals surface area (Å²) < 4.78 is 5.89. The van der Waals surface area contributed by atoms with Gasteiger partial charge in [-0.3, -0.25) is 4.90 Å². The minimum absolute atomic E-state index is 0.187. The van der Waals surface area contributed by atoms with Gasteiger partial charge < -0.3 is 15.2 Å². The molecule has 112 valence electrons. The molecule has 2 bridgehead atoms. The van der Waals surface area contributed by atoms with Gasteiger partial charge in [-0.2, -0.15) is 0 Å². The molecule has 0 radical (unpaired) electrons. The third-order valence-corrected chi connectivity index (χ3v) is 4.43. The highest BCUT2D eigenvalue weighted by Crippen LogP contribution is 2.29. The maximum Gasteiger partial charge on any atom is 0.0707 e. The van der Waals surface area contributed by atoms with Crippen molar-refractivity contribution in [3.05, 3.63) is 0 Å². The lowest BCUT2D eigenvalue weighted by molar-refractivity contribution is -0.0555. The van der Waals surface area contributed by atoms with Crippen molar-refractivity contribution in [2.75, 3.05) is 19.7 Å². The Kier molecular flexibility index (Phi) is 4.88. The zero-order chi connectivity index (χ0) is 14.0. The third kappa shape index (κ3) is 3.91. The van der Waals surface area contributed by atoms with Crippen LogP contribution in [-0.2, 0) is 4.74 Å². The van der Waals surface area contributed by atoms with Gasteiger partial charge in [0.2, 0.25) is 0 Å². The Bertz CT molecular complexity index is 286. The number of nitrogens with zero attached hydrogens (tertiary/aromatic N) is 1. The number of rotatable bonds is 6. The summed E-state index contributed by atoms with van der Waals surface area (Å²) >= 11 is 0. The van der Waals surface area contributed by atoms with E-state index in [0.29, 0.717) is 24.3 Å². The highest BCUT2D eigenvalue weighted by atomic mass is 16.5. The molecule has 2 heterocycles. The molecule has 4 unspecified atom stereocenters. The van der Waals surface area contributed by atoms with E-state index in [0.717, 1.165) is 19.5 Å². The number of nitrogens with one attached hydrogen (secondary N) is 1. The van der Waals surface area contributed by atoms with Gasteiger partial charge in [-0.15, -0.1) is 0 Å². The first-order valence-corrected chi connectivity index (χ1v) is 7.70. The van der Waals surface area contributed by atoms with Crippen LogP contribution in [0.5, 0.6) is 0 Å². The van der Waals surface area contributed by atoms with Gasteiger partial charge >= 0.3 is 0 Å². The summed E-state index contributed by atoms with van der Waals surface area (Å²) in [6.45, 7) is 11.0. The number of hydrogen-bond donors (Lipinski definition) is 2. The average Bonchev–Trinajstić information content (AvgIpc) is 2.67. The topological polar surface area (TPSA) is 44.7 Å². The maximum atomic E-state index is 9.69. The van der Waals surface area contributed by atoms with E-state index in [4.69, 9.17) is 4.74 Å². The second kappa shape index (κ2) is 6.08. The molecule has 0 saturated carbocycles. The Labute approximate surface area is 117 Å². The van der Waals surface area contributed by atoms with E-state index in [9.17, 15) is 5.11 Å². The molecular formula is C15H30N2O2. The lowest BCUT2D eigenvalue weighted by Crippen LogP contribution is -2.55. The van der Waals surface area contributed by atoms with Gasteiger partial charge in [0, 0.05) is 30.7 Å². The van der Waals surface area contributed by atoms with Crippen molar-refractivity contribution in [1.29, 1.82) is 0 Å². The molecule has 4 atom stereocenters. The van der Waals surface area contributed by atoms with Crippen molar-refractivity contribution >= 4 is 0 Å². The number of hydrogen-bond acceptors (Lipinski definition) is 4. The number of fused-ring (bicyclic) bond motifs is 2. The normalized spacial score (nSPS) is 32.5. The first-order chi connectivity index (χ1) is 8.92. The van der Waals surface area contributed by atoms with Crippen LogP contribution in [0.15, 0.2) is 0 Å². The largest absolute Gasteiger partial charge is 0.394 e. The molecule has 2 aliphatic rings. The van der Waals surface area contributed by atoms with Crippen LogP contribution in [0.2, 0.25) is 0 Å². The number of ether oxygens (including phenoxy) is 1. The van der Waals surface area contributed by atoms with Crippen LogP contribution in [0.4, 0.5) is 0 Å². The Morgan fingerprint density at radius 3 is 2.32 bits per heavy atom. The third-order valence-electron chi connectivity index (χ3n) is 4.43. The smallest absolute Gasteiger partial charge is 0.0707 e. The van der Waals surface area contributed by atoms with Gasteiger partial charge in [-0.1, -0.05) is 13.8 Å². The highest BCUT2D eigenvalue weighted by molar-refractivity contribution is 4.92. The second-order valence-electron chi connectivity index (χ2n) is 6.98. The fourth-order valence-corrected chi connectivity index (χ4v) is 3.65. The van der Waals surface area contributed by atoms with Crippen LogP contribution >= 0.6 is 0 Å². The fourth-order valence-electron chi connectivity index (χ4n) is 3.65. The quantitative estimate of drug-likeness (QED) is 0.765. The standard InChI is InChI=1S/C15H30N2O2/c1-11(2)16-15(4,10-18)7-12(3)17-8-13-5-6-14(9-17)19-13/h11-14,16,18H,5-10H2,1-4H3. The van der Waals surface area contributed by atoms with Gasteiger partial charge in [0.15, 0.2) is 0 Å². The predicted octanol–water partition coefficient (Wildman–Crippen LogP) is 1.38. The molecule has 0 amide bonds. The number of aliphatic hydroxyl groups excluding tert-OH is 1. The Morgan fingerprint density at radius 2 is 1.84 bits per heavy atom. The van der Waals surface area contributed by atoms with Crippen molar-refractivity contribution in [2.24, 2.45) is 0 Å². The van der Waals surface area contributed by atoms with Crippen molar-refractivity contribution in [2.45, 2.75) is 76.8 Å². The molecule has 0 aromatic rings. The Balaban J connectivity index is 1.90. The summed E-state index contributed by atoms with van der Waals surface area (Å²) in [5, 5.41) is 13.2. The number of likely N-dealkylation sites (tertiary alicyclic amines) is 1. The van der Waals surface area contributed by atoms with Gasteiger partial charge in [0.25, 0.3) is 0 Å². The summed E-state index contributed by atoms with van der Waals surface area (Å²) in [5.74, 6) is 0. The van der Waals surface area contributed by atoms with Crippen LogP contribution in [0, 0.1) is 0 Å². The lowest BCUT2D eigenvalue weighted by atomic mass is 9.92. The first-order valence-electron chi connectivity index (χ1n) is 7.70. The van der Waals surface area contributed by atoms with Crippen molar-refractivity contribution in [1.82, 2.24) is 10.2 Å². The van der Waals surface area contributed by atoms with Crippen LogP contribution in [0.1, 0.15) is 47.0 Å². The molecule has 0 aromatic heterocycles. The monoisotopic (exact) mass is 270 g/mol. The van der Waals surface area contributed by atoms with Crippen molar-refractivity contribution in [3.8, 4) is 0 Å². The molecule has 2 aliphatic heterocycles. The average molecular weight is 270 g/mol. The van der Waals surface area contributed by atoms with E-state index in [-0.39, 0.29) is 12.1 Å². The summed E-state index contributed by atoms with van der Waals surface area (Å²) in [5.41, 5.74) is -0.190. The summed E-state index contributed by atoms with van der Waals surface area (Å²) in [7, 11) is 0. The minimum atomic E-state index is -0.190. The molecular weight excluding hydrogens is 240 g/mol. The molecule has 19 heavy (non-hydrogen) atoms. The van der Waals surface area contributed by atoms with Gasteiger partial charge in [-0.05, 0) is 33.1 Å². The minimum Gasteiger partial charge on any atom is -0.394 e. The highest BCUT2D eigenvalue weighted by Gasteiger charge is 2.37. The molecule has 2 N–H and O–H groups in total. The van der Waals surface area contributed by atoms with Gasteiger partial charge in [0.1, 0.15) is 0 Å². The molecule has 0 spiro atoms. The van der Waals surface area contributed by atoms with Gasteiger partial charge in [0.05, 0.1) is 18.8 Å². The van der Waals surface area contributed by atoms with E-state index < -0.39 is 0 Å². The maximum absolute atomic E-state index is 9.69. The van der Waals surface area contributed by atoms with Crippen LogP contribution in [0.3, 0.4) is 0 Å². The molecule has 4 nitrogen and oxygen atoms in total. The van der Waals surface area contributed by atoms with Crippen molar-refractivity contribution < 1.29 is 9.84 Å². The predicted molar refractivity (Wildman–Crippen MR) is 77.3 cm³/mol. The molecule has 0 aliphatic carbocycles. The van der Waals surface area contributed by atoms with Crippen LogP contribution in [0.25, 0.3) is 0 Å². The van der Waals surface area contributed by atoms with E-state index in [1.165, 1.54) is 12.8 Å². The molecule has 2 rings (SSSR count). The fraction of sp³-hybridized carbons (Fsp3) is 1.00. The summed E-state index contributed by atoms with van der Waals surface area (Å²) in [6, 6.07) is 0.876. The zero-order valence-electron chi connectivity index (χ0n) is 12.9. The van der Waals surface area contributed by atoms with E-state index in [1.807, 2.05) is 0 Å². The van der Waals surface area contributed by atoms with E-state index in [2.05, 4.69) is 37.9 Å². The van der Waals surface area contributed by atoms with Crippen LogP contribution < -0.4 is 5.32 Å². The first kappa shape index (κ1) is 15.2. The summed E-state index contributed by atoms with van der Waals surface area (Å²) in [4.78, 5) is 2.54. The SMILES string of the molecule is CC(C)NC(C)(CO)CC(C)N1CC2CCC(C1)O2. The second-order valence-corrected chi connectivity index (χ2v) is 6.98. The molecule has 0 aromatic carbocycles. The van der Waals surface area contributed by atoms with E-state index >= 15 is 0 Å². The zero-order valence-corrected chi connectivity index (χ0v) is 12.9.